The molecule has 2 aromatic rings. The first-order valence-electron chi connectivity index (χ1n) is 6.38. The number of hydrogen-bond donors (Lipinski definition) is 1. The second-order valence-corrected chi connectivity index (χ2v) is 5.64. The van der Waals surface area contributed by atoms with Crippen molar-refractivity contribution < 1.29 is 0 Å². The second kappa shape index (κ2) is 4.30. The molecule has 1 unspecified atom stereocenters. The maximum atomic E-state index is 5.42. The van der Waals surface area contributed by atoms with Crippen LogP contribution in [-0.2, 0) is 0 Å². The van der Waals surface area contributed by atoms with Crippen LogP contribution in [0.2, 0.25) is 0 Å². The Morgan fingerprint density at radius 1 is 0.850 bits per heavy atom. The van der Waals surface area contributed by atoms with Gasteiger partial charge in [-0.3, -0.25) is 0 Å². The maximum absolute atomic E-state index is 5.42. The number of thiocarbonyl (C=S) groups is 2. The first kappa shape index (κ1) is 11.9. The lowest BCUT2D eigenvalue weighted by atomic mass is 9.96. The molecule has 1 atom stereocenters. The Morgan fingerprint density at radius 2 is 1.50 bits per heavy atom. The molecule has 4 heteroatoms. The highest BCUT2D eigenvalue weighted by Crippen LogP contribution is 2.33. The Labute approximate surface area is 127 Å². The van der Waals surface area contributed by atoms with Crippen LogP contribution in [0.25, 0.3) is 0 Å². The molecule has 0 saturated carbocycles. The summed E-state index contributed by atoms with van der Waals surface area (Å²) in [5.74, 6) is 0. The van der Waals surface area contributed by atoms with Crippen LogP contribution in [0.15, 0.2) is 53.5 Å². The number of benzene rings is 2. The van der Waals surface area contributed by atoms with E-state index in [-0.39, 0.29) is 6.04 Å². The van der Waals surface area contributed by atoms with Crippen LogP contribution in [-0.4, -0.2) is 15.7 Å². The van der Waals surface area contributed by atoms with E-state index in [1.165, 1.54) is 5.56 Å². The van der Waals surface area contributed by atoms with Gasteiger partial charge >= 0.3 is 0 Å². The zero-order chi connectivity index (χ0) is 13.7. The molecule has 0 bridgehead atoms. The molecule has 0 saturated heterocycles. The quantitative estimate of drug-likeness (QED) is 0.818. The van der Waals surface area contributed by atoms with Crippen LogP contribution in [0, 0.1) is 0 Å². The Balaban J connectivity index is 1.87. The van der Waals surface area contributed by atoms with E-state index in [1.807, 2.05) is 36.4 Å². The Hall–Kier alpha value is -1.91. The fourth-order valence-electron chi connectivity index (χ4n) is 2.80. The molecule has 2 aliphatic rings. The third-order valence-corrected chi connectivity index (χ3v) is 4.37. The van der Waals surface area contributed by atoms with E-state index in [1.54, 1.807) is 0 Å². The van der Waals surface area contributed by atoms with Gasteiger partial charge in [0, 0.05) is 16.7 Å². The van der Waals surface area contributed by atoms with Gasteiger partial charge in [-0.25, -0.2) is 4.99 Å². The van der Waals surface area contributed by atoms with Crippen LogP contribution in [0.1, 0.15) is 28.3 Å². The molecule has 1 N–H and O–H groups in total. The number of rotatable bonds is 1. The molecule has 0 radical (unpaired) electrons. The molecule has 0 fully saturated rings. The maximum Gasteiger partial charge on any atom is 0.134 e. The molecule has 0 amide bonds. The summed E-state index contributed by atoms with van der Waals surface area (Å²) in [4.78, 5) is 6.04. The largest absolute Gasteiger partial charge is 0.363 e. The Bertz CT molecular complexity index is 793. The van der Waals surface area contributed by atoms with Gasteiger partial charge in [-0.2, -0.15) is 0 Å². The summed E-state index contributed by atoms with van der Waals surface area (Å²) in [7, 11) is 0. The fraction of sp³-hybridized carbons (Fsp3) is 0.0625. The summed E-state index contributed by atoms with van der Waals surface area (Å²) in [5.41, 5.74) is 5.38. The first-order valence-corrected chi connectivity index (χ1v) is 7.19. The average molecular weight is 294 g/mol. The van der Waals surface area contributed by atoms with Gasteiger partial charge in [-0.05, 0) is 5.56 Å². The van der Waals surface area contributed by atoms with Crippen LogP contribution in [0.5, 0.6) is 0 Å². The number of fused-ring (bicyclic) bond motifs is 2. The van der Waals surface area contributed by atoms with Crippen molar-refractivity contribution in [2.24, 2.45) is 4.99 Å². The summed E-state index contributed by atoms with van der Waals surface area (Å²) in [5, 5.41) is 3.36. The third kappa shape index (κ3) is 1.58. The van der Waals surface area contributed by atoms with E-state index in [4.69, 9.17) is 24.4 Å². The minimum Gasteiger partial charge on any atom is -0.363 e. The van der Waals surface area contributed by atoms with Crippen LogP contribution < -0.4 is 5.32 Å². The van der Waals surface area contributed by atoms with Gasteiger partial charge in [0.05, 0.1) is 11.8 Å². The number of hydrogen-bond acceptors (Lipinski definition) is 2. The molecule has 2 heterocycles. The van der Waals surface area contributed by atoms with Crippen molar-refractivity contribution in [1.82, 2.24) is 5.32 Å². The molecule has 0 spiro atoms. The SMILES string of the molecule is S=C1N=C(C2NC(=S)c3ccccc32)c2ccccc21. The predicted molar refractivity (Wildman–Crippen MR) is 88.7 cm³/mol. The molecular weight excluding hydrogens is 284 g/mol. The minimum absolute atomic E-state index is 0.000278. The molecular formula is C16H10N2S2. The topological polar surface area (TPSA) is 24.4 Å². The lowest BCUT2D eigenvalue weighted by molar-refractivity contribution is 0.882. The van der Waals surface area contributed by atoms with Crippen molar-refractivity contribution in [1.29, 1.82) is 0 Å². The second-order valence-electron chi connectivity index (χ2n) is 4.84. The fourth-order valence-corrected chi connectivity index (χ4v) is 3.38. The first-order chi connectivity index (χ1) is 9.75. The molecule has 2 nitrogen and oxygen atoms in total. The van der Waals surface area contributed by atoms with Crippen LogP contribution in [0.3, 0.4) is 0 Å². The van der Waals surface area contributed by atoms with Gasteiger partial charge in [0.1, 0.15) is 9.98 Å². The summed E-state index contributed by atoms with van der Waals surface area (Å²) in [6.07, 6.45) is 0. The summed E-state index contributed by atoms with van der Waals surface area (Å²) >= 11 is 10.8. The summed E-state index contributed by atoms with van der Waals surface area (Å²) < 4.78 is 0. The minimum atomic E-state index is 0.000278. The van der Waals surface area contributed by atoms with Gasteiger partial charge in [-0.1, -0.05) is 73.0 Å². The van der Waals surface area contributed by atoms with Gasteiger partial charge < -0.3 is 5.32 Å². The average Bonchev–Trinajstić information content (AvgIpc) is 2.99. The Morgan fingerprint density at radius 3 is 2.30 bits per heavy atom. The highest BCUT2D eigenvalue weighted by Gasteiger charge is 2.33. The molecule has 20 heavy (non-hydrogen) atoms. The standard InChI is InChI=1S/C16H10N2S2/c19-15-11-7-3-1-5-9(11)13(17-15)14-10-6-2-4-8-12(10)16(20)18-14/h1-8,13H,(H,17,19). The van der Waals surface area contributed by atoms with Crippen LogP contribution >= 0.6 is 24.4 Å². The molecule has 96 valence electrons. The Kier molecular flexibility index (Phi) is 2.55. The predicted octanol–water partition coefficient (Wildman–Crippen LogP) is 3.18. The number of nitrogens with zero attached hydrogens (tertiary/aromatic N) is 1. The van der Waals surface area contributed by atoms with E-state index < -0.39 is 0 Å². The molecule has 0 aliphatic carbocycles. The van der Waals surface area contributed by atoms with E-state index in [2.05, 4.69) is 22.4 Å². The lowest BCUT2D eigenvalue weighted by Gasteiger charge is -2.13. The lowest BCUT2D eigenvalue weighted by Crippen LogP contribution is -2.25. The number of nitrogens with one attached hydrogen (secondary N) is 1. The van der Waals surface area contributed by atoms with Crippen molar-refractivity contribution in [3.05, 3.63) is 70.8 Å². The van der Waals surface area contributed by atoms with Crippen molar-refractivity contribution in [2.75, 3.05) is 0 Å². The summed E-state index contributed by atoms with van der Waals surface area (Å²) in [6.45, 7) is 0. The zero-order valence-electron chi connectivity index (χ0n) is 10.5. The van der Waals surface area contributed by atoms with Crippen molar-refractivity contribution in [3.63, 3.8) is 0 Å². The van der Waals surface area contributed by atoms with Crippen LogP contribution in [0.4, 0.5) is 0 Å². The normalized spacial score (nSPS) is 19.4. The van der Waals surface area contributed by atoms with E-state index in [0.717, 1.165) is 27.4 Å². The zero-order valence-corrected chi connectivity index (χ0v) is 12.1. The van der Waals surface area contributed by atoms with Gasteiger partial charge in [-0.15, -0.1) is 0 Å². The number of aliphatic imine (C=N–C) groups is 1. The van der Waals surface area contributed by atoms with E-state index in [9.17, 15) is 0 Å². The highest BCUT2D eigenvalue weighted by molar-refractivity contribution is 7.81. The smallest absolute Gasteiger partial charge is 0.134 e. The molecule has 4 rings (SSSR count). The van der Waals surface area contributed by atoms with E-state index >= 15 is 0 Å². The molecule has 0 aromatic heterocycles. The highest BCUT2D eigenvalue weighted by atomic mass is 32.1. The van der Waals surface area contributed by atoms with E-state index in [0.29, 0.717) is 4.99 Å². The van der Waals surface area contributed by atoms with Crippen molar-refractivity contribution >= 4 is 40.1 Å². The summed E-state index contributed by atoms with van der Waals surface area (Å²) in [6, 6.07) is 16.3. The monoisotopic (exact) mass is 294 g/mol. The van der Waals surface area contributed by atoms with Crippen molar-refractivity contribution in [3.8, 4) is 0 Å². The third-order valence-electron chi connectivity index (χ3n) is 3.72. The molecule has 2 aromatic carbocycles. The van der Waals surface area contributed by atoms with Gasteiger partial charge in [0.15, 0.2) is 0 Å². The van der Waals surface area contributed by atoms with Crippen molar-refractivity contribution in [2.45, 2.75) is 6.04 Å². The van der Waals surface area contributed by atoms with Gasteiger partial charge in [0.2, 0.25) is 0 Å². The molecule has 2 aliphatic heterocycles. The van der Waals surface area contributed by atoms with Gasteiger partial charge in [0.25, 0.3) is 0 Å².